The van der Waals surface area contributed by atoms with Gasteiger partial charge >= 0.3 is 0 Å². The summed E-state index contributed by atoms with van der Waals surface area (Å²) in [5, 5.41) is 16.9. The van der Waals surface area contributed by atoms with Crippen LogP contribution in [0.2, 0.25) is 5.02 Å². The predicted octanol–water partition coefficient (Wildman–Crippen LogP) is 3.58. The molecular formula is C16H19ClN4. The number of nitrogens with zero attached hydrogens (tertiary/aromatic N) is 2. The van der Waals surface area contributed by atoms with Crippen molar-refractivity contribution in [1.29, 1.82) is 5.26 Å². The molecule has 0 amide bonds. The normalized spacial score (nSPS) is 10.5. The molecule has 0 aliphatic heterocycles. The number of fused-ring (bicyclic) bond motifs is 1. The van der Waals surface area contributed by atoms with Gasteiger partial charge < -0.3 is 10.6 Å². The molecule has 0 spiro atoms. The van der Waals surface area contributed by atoms with Crippen molar-refractivity contribution in [3.63, 3.8) is 0 Å². The highest BCUT2D eigenvalue weighted by atomic mass is 35.5. The fraction of sp³-hybridized carbons (Fsp3) is 0.375. The average molecular weight is 303 g/mol. The molecule has 0 saturated heterocycles. The van der Waals surface area contributed by atoms with Crippen LogP contribution >= 0.6 is 11.6 Å². The lowest BCUT2D eigenvalue weighted by Crippen LogP contribution is -2.17. The van der Waals surface area contributed by atoms with Crippen LogP contribution in [0, 0.1) is 11.3 Å². The molecule has 1 aromatic carbocycles. The lowest BCUT2D eigenvalue weighted by molar-refractivity contribution is 0.639. The van der Waals surface area contributed by atoms with E-state index in [1.165, 1.54) is 0 Å². The van der Waals surface area contributed by atoms with Crippen LogP contribution in [0.15, 0.2) is 30.5 Å². The van der Waals surface area contributed by atoms with Gasteiger partial charge in [-0.25, -0.2) is 0 Å². The first-order valence-electron chi connectivity index (χ1n) is 7.17. The van der Waals surface area contributed by atoms with Gasteiger partial charge in [-0.1, -0.05) is 11.6 Å². The lowest BCUT2D eigenvalue weighted by Gasteiger charge is -2.09. The Kier molecular flexibility index (Phi) is 6.26. The number of unbranched alkanes of at least 4 members (excludes halogenated alkanes) is 1. The first kappa shape index (κ1) is 15.6. The number of pyridine rings is 1. The van der Waals surface area contributed by atoms with Gasteiger partial charge in [0.2, 0.25) is 0 Å². The van der Waals surface area contributed by atoms with Gasteiger partial charge in [0.15, 0.2) is 0 Å². The van der Waals surface area contributed by atoms with Gasteiger partial charge in [0.25, 0.3) is 0 Å². The maximum absolute atomic E-state index is 8.42. The number of anilines is 1. The molecule has 2 N–H and O–H groups in total. The van der Waals surface area contributed by atoms with Crippen molar-refractivity contribution >= 4 is 28.2 Å². The highest BCUT2D eigenvalue weighted by molar-refractivity contribution is 6.31. The van der Waals surface area contributed by atoms with E-state index in [9.17, 15) is 0 Å². The highest BCUT2D eigenvalue weighted by Crippen LogP contribution is 2.24. The van der Waals surface area contributed by atoms with E-state index in [0.717, 1.165) is 49.1 Å². The minimum atomic E-state index is 0.573. The van der Waals surface area contributed by atoms with Gasteiger partial charge in [-0.2, -0.15) is 5.26 Å². The van der Waals surface area contributed by atoms with Crippen molar-refractivity contribution in [2.75, 3.05) is 25.0 Å². The Morgan fingerprint density at radius 2 is 2.00 bits per heavy atom. The minimum Gasteiger partial charge on any atom is -0.384 e. The zero-order valence-electron chi connectivity index (χ0n) is 11.9. The largest absolute Gasteiger partial charge is 0.384 e. The van der Waals surface area contributed by atoms with E-state index in [0.29, 0.717) is 11.4 Å². The van der Waals surface area contributed by atoms with Crippen molar-refractivity contribution in [1.82, 2.24) is 10.3 Å². The molecule has 0 saturated carbocycles. The molecule has 0 unspecified atom stereocenters. The quantitative estimate of drug-likeness (QED) is 0.732. The van der Waals surface area contributed by atoms with Crippen molar-refractivity contribution in [3.8, 4) is 6.07 Å². The summed E-state index contributed by atoms with van der Waals surface area (Å²) in [5.41, 5.74) is 2.00. The second-order valence-electron chi connectivity index (χ2n) is 4.81. The summed E-state index contributed by atoms with van der Waals surface area (Å²) in [6, 6.07) is 9.87. The summed E-state index contributed by atoms with van der Waals surface area (Å²) in [6.07, 6.45) is 4.54. The fourth-order valence-corrected chi connectivity index (χ4v) is 2.31. The van der Waals surface area contributed by atoms with Crippen LogP contribution in [0.3, 0.4) is 0 Å². The predicted molar refractivity (Wildman–Crippen MR) is 87.6 cm³/mol. The van der Waals surface area contributed by atoms with Gasteiger partial charge in [-0.05, 0) is 43.7 Å². The molecule has 2 aromatic rings. The maximum atomic E-state index is 8.42. The Balaban J connectivity index is 1.78. The second-order valence-corrected chi connectivity index (χ2v) is 5.25. The SMILES string of the molecule is N#CCCNCCCCNc1ccnc2cc(Cl)ccc12. The van der Waals surface area contributed by atoms with E-state index >= 15 is 0 Å². The van der Waals surface area contributed by atoms with Crippen LogP contribution in [0.4, 0.5) is 5.69 Å². The summed E-state index contributed by atoms with van der Waals surface area (Å²) in [5.74, 6) is 0. The number of hydrogen-bond acceptors (Lipinski definition) is 4. The molecule has 21 heavy (non-hydrogen) atoms. The third-order valence-corrected chi connectivity index (χ3v) is 3.45. The lowest BCUT2D eigenvalue weighted by atomic mass is 10.2. The summed E-state index contributed by atoms with van der Waals surface area (Å²) < 4.78 is 0. The standard InChI is InChI=1S/C16H19ClN4/c17-13-4-5-14-15(6-11-21-16(14)12-13)20-10-2-1-8-19-9-3-7-18/h4-6,11-12,19H,1-3,8-10H2,(H,20,21). The number of rotatable bonds is 8. The molecule has 4 nitrogen and oxygen atoms in total. The zero-order valence-corrected chi connectivity index (χ0v) is 12.7. The van der Waals surface area contributed by atoms with Crippen LogP contribution in [0.1, 0.15) is 19.3 Å². The topological polar surface area (TPSA) is 60.7 Å². The fourth-order valence-electron chi connectivity index (χ4n) is 2.14. The Bertz CT molecular complexity index is 621. The molecule has 0 bridgehead atoms. The van der Waals surface area contributed by atoms with Crippen LogP contribution in [0.5, 0.6) is 0 Å². The molecule has 0 aliphatic carbocycles. The van der Waals surface area contributed by atoms with Crippen LogP contribution in [0.25, 0.3) is 10.9 Å². The second kappa shape index (κ2) is 8.46. The van der Waals surface area contributed by atoms with Crippen LogP contribution in [-0.4, -0.2) is 24.6 Å². The molecule has 1 aromatic heterocycles. The van der Waals surface area contributed by atoms with E-state index < -0.39 is 0 Å². The summed E-state index contributed by atoms with van der Waals surface area (Å²) >= 11 is 5.98. The summed E-state index contributed by atoms with van der Waals surface area (Å²) in [4.78, 5) is 4.33. The van der Waals surface area contributed by atoms with Gasteiger partial charge in [-0.3, -0.25) is 4.98 Å². The first-order chi connectivity index (χ1) is 10.3. The number of nitriles is 1. The minimum absolute atomic E-state index is 0.573. The number of halogens is 1. The van der Waals surface area contributed by atoms with Crippen molar-refractivity contribution < 1.29 is 0 Å². The molecule has 2 rings (SSSR count). The molecular weight excluding hydrogens is 284 g/mol. The van der Waals surface area contributed by atoms with Gasteiger partial charge in [0.1, 0.15) is 0 Å². The van der Waals surface area contributed by atoms with E-state index in [4.69, 9.17) is 16.9 Å². The highest BCUT2D eigenvalue weighted by Gasteiger charge is 2.01. The Morgan fingerprint density at radius 1 is 1.14 bits per heavy atom. The number of hydrogen-bond donors (Lipinski definition) is 2. The molecule has 110 valence electrons. The summed E-state index contributed by atoms with van der Waals surface area (Å²) in [6.45, 7) is 2.65. The molecule has 5 heteroatoms. The third kappa shape index (κ3) is 4.89. The molecule has 0 atom stereocenters. The van der Waals surface area contributed by atoms with E-state index in [2.05, 4.69) is 21.7 Å². The Labute approximate surface area is 130 Å². The molecule has 1 heterocycles. The third-order valence-electron chi connectivity index (χ3n) is 3.21. The number of benzene rings is 1. The van der Waals surface area contributed by atoms with Crippen LogP contribution < -0.4 is 10.6 Å². The zero-order chi connectivity index (χ0) is 14.9. The van der Waals surface area contributed by atoms with Crippen molar-refractivity contribution in [3.05, 3.63) is 35.5 Å². The van der Waals surface area contributed by atoms with Gasteiger partial charge in [0, 0.05) is 41.8 Å². The van der Waals surface area contributed by atoms with Crippen molar-refractivity contribution in [2.24, 2.45) is 0 Å². The maximum Gasteiger partial charge on any atom is 0.0737 e. The van der Waals surface area contributed by atoms with E-state index in [1.807, 2.05) is 24.3 Å². The van der Waals surface area contributed by atoms with Gasteiger partial charge in [0.05, 0.1) is 11.6 Å². The Hall–Kier alpha value is -1.83. The van der Waals surface area contributed by atoms with Crippen LogP contribution in [-0.2, 0) is 0 Å². The number of nitrogens with one attached hydrogen (secondary N) is 2. The summed E-state index contributed by atoms with van der Waals surface area (Å²) in [7, 11) is 0. The van der Waals surface area contributed by atoms with Crippen molar-refractivity contribution in [2.45, 2.75) is 19.3 Å². The molecule has 0 fully saturated rings. The number of aromatic nitrogens is 1. The monoisotopic (exact) mass is 302 g/mol. The Morgan fingerprint density at radius 3 is 2.86 bits per heavy atom. The van der Waals surface area contributed by atoms with E-state index in [-0.39, 0.29) is 0 Å². The van der Waals surface area contributed by atoms with Gasteiger partial charge in [-0.15, -0.1) is 0 Å². The molecule has 0 aliphatic rings. The smallest absolute Gasteiger partial charge is 0.0737 e. The first-order valence-corrected chi connectivity index (χ1v) is 7.55. The molecule has 0 radical (unpaired) electrons. The average Bonchev–Trinajstić information content (AvgIpc) is 2.49. The van der Waals surface area contributed by atoms with E-state index in [1.54, 1.807) is 6.20 Å².